The average molecular weight is 266 g/mol. The van der Waals surface area contributed by atoms with Crippen LogP contribution in [0.5, 0.6) is 0 Å². The summed E-state index contributed by atoms with van der Waals surface area (Å²) in [5, 5.41) is 10.5. The fourth-order valence-corrected chi connectivity index (χ4v) is 1.25. The lowest BCUT2D eigenvalue weighted by Gasteiger charge is -2.12. The number of nitrogens with zero attached hydrogens (tertiary/aromatic N) is 1. The highest BCUT2D eigenvalue weighted by molar-refractivity contribution is 6.28. The van der Waals surface area contributed by atoms with E-state index in [1.807, 2.05) is 0 Å². The summed E-state index contributed by atoms with van der Waals surface area (Å²) in [4.78, 5) is 10.4. The molecule has 0 aliphatic rings. The van der Waals surface area contributed by atoms with Gasteiger partial charge in [0.15, 0.2) is 6.20 Å². The second-order valence-corrected chi connectivity index (χ2v) is 3.62. The lowest BCUT2D eigenvalue weighted by molar-refractivity contribution is -0.669. The molecule has 1 heterocycles. The molecule has 0 aliphatic heterocycles. The van der Waals surface area contributed by atoms with Gasteiger partial charge in [0.25, 0.3) is 5.15 Å². The van der Waals surface area contributed by atoms with Gasteiger partial charge < -0.3 is 9.90 Å². The van der Waals surface area contributed by atoms with Gasteiger partial charge in [0.1, 0.15) is 7.05 Å². The van der Waals surface area contributed by atoms with Crippen LogP contribution in [-0.4, -0.2) is 12.1 Å². The number of alkyl halides is 3. The molecule has 1 aromatic heterocycles. The number of rotatable bonds is 2. The fourth-order valence-electron chi connectivity index (χ4n) is 1.07. The standard InChI is InChI=1S/C10H7ClF3NO2/c1-15-3-2-6(5-8(15)11)4-7(9(16)17)10(12,13)14/h2-5H,1H3/b7-4-. The molecule has 17 heavy (non-hydrogen) atoms. The average Bonchev–Trinajstić information content (AvgIpc) is 2.17. The second kappa shape index (κ2) is 4.75. The minimum Gasteiger partial charge on any atom is -0.545 e. The highest BCUT2D eigenvalue weighted by atomic mass is 35.5. The van der Waals surface area contributed by atoms with Gasteiger partial charge in [-0.25, -0.2) is 0 Å². The topological polar surface area (TPSA) is 44.0 Å². The number of aromatic nitrogens is 1. The van der Waals surface area contributed by atoms with E-state index in [0.717, 1.165) is 0 Å². The summed E-state index contributed by atoms with van der Waals surface area (Å²) in [6, 6.07) is 2.52. The molecule has 0 atom stereocenters. The summed E-state index contributed by atoms with van der Waals surface area (Å²) in [5.74, 6) is -2.28. The SMILES string of the molecule is C[n+]1ccc(/C=C(/C(=O)[O-])C(F)(F)F)cc1Cl. The van der Waals surface area contributed by atoms with Crippen molar-refractivity contribution in [2.24, 2.45) is 7.05 Å². The van der Waals surface area contributed by atoms with Crippen molar-refractivity contribution in [3.05, 3.63) is 34.6 Å². The molecular formula is C10H7ClF3NO2. The molecular weight excluding hydrogens is 259 g/mol. The zero-order valence-electron chi connectivity index (χ0n) is 8.58. The molecule has 0 spiro atoms. The predicted molar refractivity (Wildman–Crippen MR) is 51.7 cm³/mol. The molecule has 0 aromatic carbocycles. The Morgan fingerprint density at radius 2 is 2.12 bits per heavy atom. The Bertz CT molecular complexity index is 483. The van der Waals surface area contributed by atoms with Crippen LogP contribution in [0.3, 0.4) is 0 Å². The molecule has 0 saturated carbocycles. The van der Waals surface area contributed by atoms with E-state index in [-0.39, 0.29) is 10.7 Å². The Morgan fingerprint density at radius 1 is 1.53 bits per heavy atom. The molecule has 92 valence electrons. The van der Waals surface area contributed by atoms with Gasteiger partial charge in [0, 0.05) is 12.1 Å². The number of carbonyl (C=O) groups is 1. The van der Waals surface area contributed by atoms with Crippen LogP contribution in [0.25, 0.3) is 6.08 Å². The Morgan fingerprint density at radius 3 is 2.53 bits per heavy atom. The smallest absolute Gasteiger partial charge is 0.418 e. The summed E-state index contributed by atoms with van der Waals surface area (Å²) in [5.41, 5.74) is -1.72. The van der Waals surface area contributed by atoms with Crippen molar-refractivity contribution in [1.82, 2.24) is 0 Å². The monoisotopic (exact) mass is 265 g/mol. The molecule has 0 saturated heterocycles. The molecule has 3 nitrogen and oxygen atoms in total. The molecule has 0 aliphatic carbocycles. The van der Waals surface area contributed by atoms with E-state index in [4.69, 9.17) is 11.6 Å². The maximum atomic E-state index is 12.3. The van der Waals surface area contributed by atoms with Crippen molar-refractivity contribution in [2.75, 3.05) is 0 Å². The quantitative estimate of drug-likeness (QED) is 0.452. The minimum absolute atomic E-state index is 0.0321. The third-order valence-electron chi connectivity index (χ3n) is 1.95. The molecule has 0 unspecified atom stereocenters. The zero-order valence-corrected chi connectivity index (χ0v) is 9.34. The first kappa shape index (κ1) is 13.5. The van der Waals surface area contributed by atoms with Crippen molar-refractivity contribution in [3.63, 3.8) is 0 Å². The summed E-state index contributed by atoms with van der Waals surface area (Å²) >= 11 is 5.68. The van der Waals surface area contributed by atoms with Crippen molar-refractivity contribution in [2.45, 2.75) is 6.18 Å². The van der Waals surface area contributed by atoms with Crippen LogP contribution in [0.1, 0.15) is 5.56 Å². The summed E-state index contributed by atoms with van der Waals surface area (Å²) in [6.07, 6.45) is -3.08. The first-order valence-electron chi connectivity index (χ1n) is 4.37. The third-order valence-corrected chi connectivity index (χ3v) is 2.33. The zero-order chi connectivity index (χ0) is 13.2. The summed E-state index contributed by atoms with van der Waals surface area (Å²) in [7, 11) is 1.60. The normalized spacial score (nSPS) is 12.6. The van der Waals surface area contributed by atoms with Gasteiger partial charge in [-0.3, -0.25) is 0 Å². The molecule has 1 rings (SSSR count). The van der Waals surface area contributed by atoms with Crippen molar-refractivity contribution in [3.8, 4) is 0 Å². The Balaban J connectivity index is 3.23. The van der Waals surface area contributed by atoms with Crippen molar-refractivity contribution >= 4 is 23.6 Å². The second-order valence-electron chi connectivity index (χ2n) is 3.24. The highest BCUT2D eigenvalue weighted by Gasteiger charge is 2.34. The Labute approximate surface area is 99.8 Å². The fraction of sp³-hybridized carbons (Fsp3) is 0.200. The first-order chi connectivity index (χ1) is 7.71. The van der Waals surface area contributed by atoms with Crippen LogP contribution in [0.15, 0.2) is 23.9 Å². The van der Waals surface area contributed by atoms with E-state index in [2.05, 4.69) is 0 Å². The lowest BCUT2D eigenvalue weighted by Crippen LogP contribution is -2.32. The van der Waals surface area contributed by atoms with E-state index >= 15 is 0 Å². The van der Waals surface area contributed by atoms with E-state index in [1.54, 1.807) is 7.05 Å². The number of carboxylic acid groups (broad SMARTS) is 1. The molecule has 1 aromatic rings. The van der Waals surface area contributed by atoms with Gasteiger partial charge in [0.2, 0.25) is 0 Å². The van der Waals surface area contributed by atoms with Crippen molar-refractivity contribution < 1.29 is 27.6 Å². The van der Waals surface area contributed by atoms with Crippen LogP contribution < -0.4 is 9.67 Å². The van der Waals surface area contributed by atoms with Crippen LogP contribution >= 0.6 is 11.6 Å². The van der Waals surface area contributed by atoms with E-state index in [0.29, 0.717) is 6.08 Å². The maximum Gasteiger partial charge on any atom is 0.418 e. The number of carbonyl (C=O) groups excluding carboxylic acids is 1. The molecule has 0 bridgehead atoms. The molecule has 0 N–H and O–H groups in total. The predicted octanol–water partition coefficient (Wildman–Crippen LogP) is 0.860. The van der Waals surface area contributed by atoms with Gasteiger partial charge >= 0.3 is 6.18 Å². The van der Waals surface area contributed by atoms with E-state index in [1.165, 1.54) is 22.9 Å². The molecule has 0 fully saturated rings. The largest absolute Gasteiger partial charge is 0.545 e. The van der Waals surface area contributed by atoms with Gasteiger partial charge in [-0.1, -0.05) is 0 Å². The number of aryl methyl sites for hydroxylation is 1. The number of carboxylic acids is 1. The van der Waals surface area contributed by atoms with Gasteiger partial charge in [0.05, 0.1) is 11.5 Å². The van der Waals surface area contributed by atoms with Crippen LogP contribution in [0, 0.1) is 0 Å². The molecule has 0 amide bonds. The van der Waals surface area contributed by atoms with Gasteiger partial charge in [-0.2, -0.15) is 17.7 Å². The van der Waals surface area contributed by atoms with Crippen LogP contribution in [0.2, 0.25) is 5.15 Å². The first-order valence-corrected chi connectivity index (χ1v) is 4.75. The minimum atomic E-state index is -4.97. The third kappa shape index (κ3) is 3.45. The van der Waals surface area contributed by atoms with Gasteiger partial charge in [-0.05, 0) is 23.2 Å². The number of halogens is 4. The van der Waals surface area contributed by atoms with E-state index in [9.17, 15) is 23.1 Å². The number of pyridine rings is 1. The van der Waals surface area contributed by atoms with E-state index < -0.39 is 17.7 Å². The van der Waals surface area contributed by atoms with Crippen LogP contribution in [0.4, 0.5) is 13.2 Å². The Kier molecular flexibility index (Phi) is 3.77. The lowest BCUT2D eigenvalue weighted by atomic mass is 10.1. The number of aliphatic carboxylic acids is 1. The van der Waals surface area contributed by atoms with Crippen LogP contribution in [-0.2, 0) is 11.8 Å². The molecule has 7 heteroatoms. The Hall–Kier alpha value is -1.56. The molecule has 0 radical (unpaired) electrons. The van der Waals surface area contributed by atoms with Crippen molar-refractivity contribution in [1.29, 1.82) is 0 Å². The summed E-state index contributed by atoms with van der Waals surface area (Å²) < 4.78 is 38.4. The number of hydrogen-bond acceptors (Lipinski definition) is 2. The summed E-state index contributed by atoms with van der Waals surface area (Å²) in [6.45, 7) is 0. The number of hydrogen-bond donors (Lipinski definition) is 0. The maximum absolute atomic E-state index is 12.3. The van der Waals surface area contributed by atoms with Gasteiger partial charge in [-0.15, -0.1) is 0 Å². The highest BCUT2D eigenvalue weighted by Crippen LogP contribution is 2.27.